The number of aromatic nitrogens is 3. The lowest BCUT2D eigenvalue weighted by Crippen LogP contribution is -2.17. The van der Waals surface area contributed by atoms with Crippen molar-refractivity contribution in [1.82, 2.24) is 15.2 Å². The van der Waals surface area contributed by atoms with Crippen molar-refractivity contribution < 1.29 is 9.47 Å². The number of anilines is 1. The molecule has 1 aliphatic rings. The third-order valence-electron chi connectivity index (χ3n) is 4.79. The number of unbranched alkanes of at least 4 members (excludes halogenated alkanes) is 2. The Morgan fingerprint density at radius 1 is 1.13 bits per heavy atom. The third kappa shape index (κ3) is 4.70. The molecule has 30 heavy (non-hydrogen) atoms. The lowest BCUT2D eigenvalue weighted by Gasteiger charge is -2.19. The van der Waals surface area contributed by atoms with Crippen molar-refractivity contribution in [1.29, 1.82) is 0 Å². The van der Waals surface area contributed by atoms with Crippen molar-refractivity contribution in [2.45, 2.75) is 37.6 Å². The first-order chi connectivity index (χ1) is 14.7. The van der Waals surface area contributed by atoms with E-state index < -0.39 is 6.23 Å². The van der Waals surface area contributed by atoms with Crippen molar-refractivity contribution in [3.05, 3.63) is 52.5 Å². The fraction of sp³-hybridized carbons (Fsp3) is 0.318. The van der Waals surface area contributed by atoms with Gasteiger partial charge < -0.3 is 14.8 Å². The second-order valence-corrected chi connectivity index (χ2v) is 8.89. The molecule has 0 aliphatic carbocycles. The fourth-order valence-corrected chi connectivity index (χ4v) is 4.31. The molecule has 2 aromatic carbocycles. The van der Waals surface area contributed by atoms with Crippen LogP contribution in [0.4, 0.5) is 5.69 Å². The van der Waals surface area contributed by atoms with Crippen molar-refractivity contribution in [3.63, 3.8) is 0 Å². The number of methoxy groups -OCH3 is 1. The number of nitrogens with zero attached hydrogens (tertiary/aromatic N) is 3. The van der Waals surface area contributed by atoms with Crippen molar-refractivity contribution in [2.75, 3.05) is 18.2 Å². The van der Waals surface area contributed by atoms with Gasteiger partial charge in [-0.25, -0.2) is 0 Å². The number of rotatable bonds is 7. The van der Waals surface area contributed by atoms with Crippen LogP contribution in [0.25, 0.3) is 11.3 Å². The van der Waals surface area contributed by atoms with Crippen LogP contribution in [-0.2, 0) is 0 Å². The normalized spacial score (nSPS) is 14.7. The second-order valence-electron chi connectivity index (χ2n) is 6.91. The van der Waals surface area contributed by atoms with E-state index in [4.69, 9.17) is 14.5 Å². The van der Waals surface area contributed by atoms with Gasteiger partial charge >= 0.3 is 0 Å². The van der Waals surface area contributed by atoms with Crippen molar-refractivity contribution in [3.8, 4) is 22.9 Å². The molecule has 1 aliphatic heterocycles. The highest BCUT2D eigenvalue weighted by Gasteiger charge is 2.26. The Morgan fingerprint density at radius 2 is 1.97 bits per heavy atom. The SMILES string of the molecule is CCCCCSc1nnc2c(n1)OC(c1ccc(OC)cc1)Nc1ccc(Br)cc1-2. The Kier molecular flexibility index (Phi) is 6.74. The predicted molar refractivity (Wildman–Crippen MR) is 123 cm³/mol. The predicted octanol–water partition coefficient (Wildman–Crippen LogP) is 6.10. The lowest BCUT2D eigenvalue weighted by atomic mass is 10.1. The van der Waals surface area contributed by atoms with E-state index in [0.717, 1.165) is 39.2 Å². The zero-order valence-corrected chi connectivity index (χ0v) is 19.3. The van der Waals surface area contributed by atoms with Gasteiger partial charge in [0.25, 0.3) is 0 Å². The Balaban J connectivity index is 1.69. The molecule has 0 bridgehead atoms. The molecule has 1 unspecified atom stereocenters. The van der Waals surface area contributed by atoms with Crippen LogP contribution >= 0.6 is 27.7 Å². The molecule has 1 atom stereocenters. The first-order valence-corrected chi connectivity index (χ1v) is 11.7. The highest BCUT2D eigenvalue weighted by Crippen LogP contribution is 2.41. The largest absolute Gasteiger partial charge is 0.497 e. The van der Waals surface area contributed by atoms with Gasteiger partial charge in [-0.05, 0) is 48.9 Å². The molecule has 3 aromatic rings. The molecule has 1 aromatic heterocycles. The number of thioether (sulfide) groups is 1. The highest BCUT2D eigenvalue weighted by atomic mass is 79.9. The molecule has 0 spiro atoms. The van der Waals surface area contributed by atoms with E-state index in [1.807, 2.05) is 42.5 Å². The minimum Gasteiger partial charge on any atom is -0.497 e. The summed E-state index contributed by atoms with van der Waals surface area (Å²) in [5, 5.41) is 12.9. The van der Waals surface area contributed by atoms with Gasteiger partial charge in [0.1, 0.15) is 5.75 Å². The van der Waals surface area contributed by atoms with Gasteiger partial charge in [0.05, 0.1) is 7.11 Å². The summed E-state index contributed by atoms with van der Waals surface area (Å²) in [5.41, 5.74) is 3.41. The Bertz CT molecular complexity index is 1020. The molecule has 2 heterocycles. The van der Waals surface area contributed by atoms with E-state index in [1.165, 1.54) is 12.8 Å². The van der Waals surface area contributed by atoms with Crippen LogP contribution in [0.5, 0.6) is 11.6 Å². The number of fused-ring (bicyclic) bond motifs is 3. The maximum Gasteiger partial charge on any atom is 0.247 e. The van der Waals surface area contributed by atoms with E-state index >= 15 is 0 Å². The molecule has 6 nitrogen and oxygen atoms in total. The van der Waals surface area contributed by atoms with Crippen LogP contribution in [0.2, 0.25) is 0 Å². The van der Waals surface area contributed by atoms with Gasteiger partial charge in [0.2, 0.25) is 11.0 Å². The molecule has 8 heteroatoms. The molecule has 0 saturated heterocycles. The lowest BCUT2D eigenvalue weighted by molar-refractivity contribution is 0.225. The standard InChI is InChI=1S/C22H23BrN4O2S/c1-3-4-5-12-30-22-25-21-19(26-27-22)17-13-15(23)8-11-18(17)24-20(29-21)14-6-9-16(28-2)10-7-14/h6-11,13,20,24H,3-5,12H2,1-2H3. The van der Waals surface area contributed by atoms with Gasteiger partial charge in [-0.1, -0.05) is 47.5 Å². The number of ether oxygens (including phenoxy) is 2. The Hall–Kier alpha value is -2.32. The molecular formula is C22H23BrN4O2S. The summed E-state index contributed by atoms with van der Waals surface area (Å²) in [6.07, 6.45) is 3.11. The van der Waals surface area contributed by atoms with E-state index in [9.17, 15) is 0 Å². The van der Waals surface area contributed by atoms with Gasteiger partial charge in [-0.3, -0.25) is 0 Å². The summed E-state index contributed by atoms with van der Waals surface area (Å²) < 4.78 is 12.5. The quantitative estimate of drug-likeness (QED) is 0.319. The number of halogens is 1. The van der Waals surface area contributed by atoms with Crippen LogP contribution in [0.3, 0.4) is 0 Å². The Labute approximate surface area is 188 Å². The second kappa shape index (κ2) is 9.66. The van der Waals surface area contributed by atoms with Crippen LogP contribution in [0, 0.1) is 0 Å². The number of nitrogens with one attached hydrogen (secondary N) is 1. The molecule has 0 amide bonds. The fourth-order valence-electron chi connectivity index (χ4n) is 3.18. The van der Waals surface area contributed by atoms with Crippen LogP contribution in [-0.4, -0.2) is 28.0 Å². The number of hydrogen-bond acceptors (Lipinski definition) is 7. The summed E-state index contributed by atoms with van der Waals surface area (Å²) in [5.74, 6) is 2.25. The molecular weight excluding hydrogens is 464 g/mol. The third-order valence-corrected chi connectivity index (χ3v) is 6.20. The van der Waals surface area contributed by atoms with E-state index in [-0.39, 0.29) is 0 Å². The monoisotopic (exact) mass is 486 g/mol. The molecule has 4 rings (SSSR count). The van der Waals surface area contributed by atoms with Gasteiger partial charge in [0.15, 0.2) is 11.9 Å². The minimum atomic E-state index is -0.410. The van der Waals surface area contributed by atoms with E-state index in [0.29, 0.717) is 16.7 Å². The van der Waals surface area contributed by atoms with Gasteiger partial charge in [-0.2, -0.15) is 4.98 Å². The summed E-state index contributed by atoms with van der Waals surface area (Å²) >= 11 is 5.17. The summed E-state index contributed by atoms with van der Waals surface area (Å²) in [7, 11) is 1.65. The average Bonchev–Trinajstić information content (AvgIpc) is 2.93. The molecule has 0 saturated carbocycles. The van der Waals surface area contributed by atoms with E-state index in [1.54, 1.807) is 18.9 Å². The number of hydrogen-bond donors (Lipinski definition) is 1. The van der Waals surface area contributed by atoms with E-state index in [2.05, 4.69) is 38.4 Å². The molecule has 1 N–H and O–H groups in total. The van der Waals surface area contributed by atoms with Gasteiger partial charge in [0, 0.05) is 27.0 Å². The topological polar surface area (TPSA) is 69.2 Å². The zero-order chi connectivity index (χ0) is 20.9. The van der Waals surface area contributed by atoms with Gasteiger partial charge in [-0.15, -0.1) is 10.2 Å². The van der Waals surface area contributed by atoms with Crippen molar-refractivity contribution in [2.24, 2.45) is 0 Å². The Morgan fingerprint density at radius 3 is 2.73 bits per heavy atom. The number of benzene rings is 2. The zero-order valence-electron chi connectivity index (χ0n) is 16.9. The summed E-state index contributed by atoms with van der Waals surface area (Å²) in [6, 6.07) is 13.8. The first kappa shape index (κ1) is 20.9. The summed E-state index contributed by atoms with van der Waals surface area (Å²) in [4.78, 5) is 4.70. The smallest absolute Gasteiger partial charge is 0.247 e. The minimum absolute atomic E-state index is 0.410. The maximum absolute atomic E-state index is 6.31. The maximum atomic E-state index is 6.31. The average molecular weight is 487 g/mol. The first-order valence-electron chi connectivity index (χ1n) is 9.92. The summed E-state index contributed by atoms with van der Waals surface area (Å²) in [6.45, 7) is 2.20. The van der Waals surface area contributed by atoms with Crippen LogP contribution < -0.4 is 14.8 Å². The van der Waals surface area contributed by atoms with Crippen LogP contribution in [0.1, 0.15) is 38.0 Å². The molecule has 0 radical (unpaired) electrons. The van der Waals surface area contributed by atoms with Crippen LogP contribution in [0.15, 0.2) is 52.1 Å². The molecule has 0 fully saturated rings. The molecule has 156 valence electrons. The highest BCUT2D eigenvalue weighted by molar-refractivity contribution is 9.10. The van der Waals surface area contributed by atoms with Crippen molar-refractivity contribution >= 4 is 33.4 Å².